The Kier molecular flexibility index (Phi) is 5.58. The lowest BCUT2D eigenvalue weighted by atomic mass is 9.83. The van der Waals surface area contributed by atoms with Crippen LogP contribution >= 0.6 is 11.8 Å². The van der Waals surface area contributed by atoms with Gasteiger partial charge in [-0.15, -0.1) is 11.8 Å². The highest BCUT2D eigenvalue weighted by atomic mass is 32.2. The minimum absolute atomic E-state index is 0.622. The summed E-state index contributed by atoms with van der Waals surface area (Å²) in [6.45, 7) is 4.70. The molecule has 0 atom stereocenters. The van der Waals surface area contributed by atoms with Gasteiger partial charge in [-0.05, 0) is 36.8 Å². The van der Waals surface area contributed by atoms with Crippen LogP contribution in [0.3, 0.4) is 0 Å². The standard InChI is InChI=1S/C16H25NS/c1-2-16(10-6-7-11-16)14-17-12-13-18-15-8-4-3-5-9-15/h3-5,8-9,17H,2,6-7,10-14H2,1H3. The Balaban J connectivity index is 1.61. The van der Waals surface area contributed by atoms with E-state index in [4.69, 9.17) is 0 Å². The molecule has 0 bridgehead atoms. The van der Waals surface area contributed by atoms with E-state index in [1.807, 2.05) is 11.8 Å². The van der Waals surface area contributed by atoms with E-state index < -0.39 is 0 Å². The van der Waals surface area contributed by atoms with Crippen LogP contribution in [0.15, 0.2) is 35.2 Å². The SMILES string of the molecule is CCC1(CNCCSc2ccccc2)CCCC1. The van der Waals surface area contributed by atoms with Gasteiger partial charge in [-0.25, -0.2) is 0 Å². The van der Waals surface area contributed by atoms with Gasteiger partial charge in [0.05, 0.1) is 0 Å². The number of hydrogen-bond donors (Lipinski definition) is 1. The van der Waals surface area contributed by atoms with Crippen molar-refractivity contribution in [3.63, 3.8) is 0 Å². The molecule has 1 nitrogen and oxygen atoms in total. The Morgan fingerprint density at radius 1 is 1.17 bits per heavy atom. The molecule has 0 aromatic heterocycles. The first-order valence-corrected chi connectivity index (χ1v) is 8.22. The summed E-state index contributed by atoms with van der Waals surface area (Å²) in [7, 11) is 0. The first-order chi connectivity index (χ1) is 8.85. The Labute approximate surface area is 116 Å². The van der Waals surface area contributed by atoms with Crippen LogP contribution in [-0.4, -0.2) is 18.8 Å². The normalized spacial score (nSPS) is 18.1. The van der Waals surface area contributed by atoms with E-state index in [-0.39, 0.29) is 0 Å². The zero-order valence-corrected chi connectivity index (χ0v) is 12.3. The van der Waals surface area contributed by atoms with Crippen molar-refractivity contribution < 1.29 is 0 Å². The maximum Gasteiger partial charge on any atom is 0.0106 e. The maximum absolute atomic E-state index is 3.67. The summed E-state index contributed by atoms with van der Waals surface area (Å²) >= 11 is 1.95. The largest absolute Gasteiger partial charge is 0.315 e. The third kappa shape index (κ3) is 4.03. The first kappa shape index (κ1) is 14.0. The van der Waals surface area contributed by atoms with Crippen LogP contribution in [0.25, 0.3) is 0 Å². The third-order valence-corrected chi connectivity index (χ3v) is 5.22. The quantitative estimate of drug-likeness (QED) is 0.580. The predicted octanol–water partition coefficient (Wildman–Crippen LogP) is 4.34. The van der Waals surface area contributed by atoms with Crippen LogP contribution in [0.4, 0.5) is 0 Å². The molecule has 0 unspecified atom stereocenters. The highest BCUT2D eigenvalue weighted by Gasteiger charge is 2.31. The van der Waals surface area contributed by atoms with Crippen molar-refractivity contribution in [1.29, 1.82) is 0 Å². The monoisotopic (exact) mass is 263 g/mol. The van der Waals surface area contributed by atoms with Crippen LogP contribution in [-0.2, 0) is 0 Å². The predicted molar refractivity (Wildman–Crippen MR) is 81.2 cm³/mol. The molecule has 100 valence electrons. The molecule has 2 rings (SSSR count). The number of nitrogens with one attached hydrogen (secondary N) is 1. The smallest absolute Gasteiger partial charge is 0.0106 e. The van der Waals surface area contributed by atoms with Gasteiger partial charge >= 0.3 is 0 Å². The van der Waals surface area contributed by atoms with Crippen molar-refractivity contribution >= 4 is 11.8 Å². The molecule has 1 aromatic carbocycles. The van der Waals surface area contributed by atoms with Crippen molar-refractivity contribution in [2.45, 2.75) is 43.9 Å². The molecular formula is C16H25NS. The molecule has 1 aromatic rings. The van der Waals surface area contributed by atoms with Crippen molar-refractivity contribution in [1.82, 2.24) is 5.32 Å². The number of hydrogen-bond acceptors (Lipinski definition) is 2. The van der Waals surface area contributed by atoms with Crippen LogP contribution in [0.5, 0.6) is 0 Å². The molecule has 1 fully saturated rings. The highest BCUT2D eigenvalue weighted by molar-refractivity contribution is 7.99. The first-order valence-electron chi connectivity index (χ1n) is 7.23. The molecular weight excluding hydrogens is 238 g/mol. The van der Waals surface area contributed by atoms with E-state index in [0.717, 1.165) is 6.54 Å². The van der Waals surface area contributed by atoms with Gasteiger partial charge in [0.25, 0.3) is 0 Å². The zero-order valence-electron chi connectivity index (χ0n) is 11.5. The second-order valence-corrected chi connectivity index (χ2v) is 6.57. The molecule has 2 heteroatoms. The van der Waals surface area contributed by atoms with E-state index in [1.165, 1.54) is 49.3 Å². The van der Waals surface area contributed by atoms with Crippen molar-refractivity contribution in [2.24, 2.45) is 5.41 Å². The maximum atomic E-state index is 3.67. The van der Waals surface area contributed by atoms with Gasteiger partial charge in [-0.1, -0.05) is 38.0 Å². The van der Waals surface area contributed by atoms with E-state index in [0.29, 0.717) is 5.41 Å². The van der Waals surface area contributed by atoms with Crippen molar-refractivity contribution in [3.05, 3.63) is 30.3 Å². The summed E-state index contributed by atoms with van der Waals surface area (Å²) < 4.78 is 0. The van der Waals surface area contributed by atoms with Gasteiger partial charge in [-0.2, -0.15) is 0 Å². The van der Waals surface area contributed by atoms with Gasteiger partial charge in [0.2, 0.25) is 0 Å². The Morgan fingerprint density at radius 2 is 1.89 bits per heavy atom. The molecule has 0 amide bonds. The molecule has 1 aliphatic rings. The average Bonchev–Trinajstić information content (AvgIpc) is 2.89. The summed E-state index contributed by atoms with van der Waals surface area (Å²) in [5, 5.41) is 3.67. The van der Waals surface area contributed by atoms with E-state index in [9.17, 15) is 0 Å². The van der Waals surface area contributed by atoms with Crippen LogP contribution in [0, 0.1) is 5.41 Å². The van der Waals surface area contributed by atoms with Crippen LogP contribution in [0.2, 0.25) is 0 Å². The average molecular weight is 263 g/mol. The molecule has 0 spiro atoms. The molecule has 1 N–H and O–H groups in total. The highest BCUT2D eigenvalue weighted by Crippen LogP contribution is 2.40. The summed E-state index contributed by atoms with van der Waals surface area (Å²) in [6.07, 6.45) is 7.08. The molecule has 0 saturated heterocycles. The lowest BCUT2D eigenvalue weighted by molar-refractivity contribution is 0.271. The number of thioether (sulfide) groups is 1. The Hall–Kier alpha value is -0.470. The lowest BCUT2D eigenvalue weighted by Gasteiger charge is -2.27. The zero-order chi connectivity index (χ0) is 12.7. The fourth-order valence-corrected chi connectivity index (χ4v) is 3.72. The van der Waals surface area contributed by atoms with Gasteiger partial charge in [-0.3, -0.25) is 0 Å². The summed E-state index contributed by atoms with van der Waals surface area (Å²) in [6, 6.07) is 10.7. The fourth-order valence-electron chi connectivity index (χ4n) is 2.89. The van der Waals surface area contributed by atoms with E-state index in [2.05, 4.69) is 42.6 Å². The van der Waals surface area contributed by atoms with Gasteiger partial charge in [0.1, 0.15) is 0 Å². The molecule has 0 heterocycles. The minimum atomic E-state index is 0.622. The van der Waals surface area contributed by atoms with Crippen LogP contribution in [0.1, 0.15) is 39.0 Å². The minimum Gasteiger partial charge on any atom is -0.315 e. The number of rotatable bonds is 7. The van der Waals surface area contributed by atoms with Gasteiger partial charge in [0, 0.05) is 23.7 Å². The number of benzene rings is 1. The third-order valence-electron chi connectivity index (χ3n) is 4.20. The van der Waals surface area contributed by atoms with Crippen molar-refractivity contribution in [3.8, 4) is 0 Å². The van der Waals surface area contributed by atoms with E-state index in [1.54, 1.807) is 0 Å². The van der Waals surface area contributed by atoms with E-state index >= 15 is 0 Å². The lowest BCUT2D eigenvalue weighted by Crippen LogP contribution is -2.32. The molecule has 0 aliphatic heterocycles. The Morgan fingerprint density at radius 3 is 2.56 bits per heavy atom. The van der Waals surface area contributed by atoms with Gasteiger partial charge in [0.15, 0.2) is 0 Å². The second kappa shape index (κ2) is 7.20. The molecule has 0 radical (unpaired) electrons. The summed E-state index contributed by atoms with van der Waals surface area (Å²) in [4.78, 5) is 1.38. The topological polar surface area (TPSA) is 12.0 Å². The summed E-state index contributed by atoms with van der Waals surface area (Å²) in [5.74, 6) is 1.17. The fraction of sp³-hybridized carbons (Fsp3) is 0.625. The van der Waals surface area contributed by atoms with Gasteiger partial charge < -0.3 is 5.32 Å². The second-order valence-electron chi connectivity index (χ2n) is 5.40. The molecule has 1 saturated carbocycles. The van der Waals surface area contributed by atoms with Crippen LogP contribution < -0.4 is 5.32 Å². The van der Waals surface area contributed by atoms with Crippen molar-refractivity contribution in [2.75, 3.05) is 18.8 Å². The Bertz CT molecular complexity index is 330. The summed E-state index contributed by atoms with van der Waals surface area (Å²) in [5.41, 5.74) is 0.622. The molecule has 1 aliphatic carbocycles. The molecule has 18 heavy (non-hydrogen) atoms.